The molecule has 3 aliphatic heterocycles. The standard InChI is InChI=1S/C27H35ClN2O5S/c1-6-12-29(22-15(4)10-9-11-18(22)28)25(33)23-27-16(5)13-19(36-27)20(26(34)35-8-3)21(27)24(32)30(23)17(7-2)14-31/h6,9-11,16-17,19-21,23,31H,1,7-8,12-14H2,2-5H3/t16?,17-,19+,20-,21-,23?,27?/m0/s1. The molecule has 7 nitrogen and oxygen atoms in total. The lowest BCUT2D eigenvalue weighted by Crippen LogP contribution is -2.59. The molecule has 4 rings (SSSR count). The summed E-state index contributed by atoms with van der Waals surface area (Å²) in [6, 6.07) is 4.06. The number of likely N-dealkylation sites (tertiary alicyclic amines) is 1. The van der Waals surface area contributed by atoms with Crippen LogP contribution in [0.2, 0.25) is 5.02 Å². The molecule has 0 aliphatic carbocycles. The van der Waals surface area contributed by atoms with E-state index in [0.29, 0.717) is 17.1 Å². The number of thioether (sulfide) groups is 1. The molecule has 1 aromatic rings. The van der Waals surface area contributed by atoms with Gasteiger partial charge in [-0.3, -0.25) is 14.4 Å². The number of carbonyl (C=O) groups is 3. The van der Waals surface area contributed by atoms with Gasteiger partial charge in [-0.15, -0.1) is 18.3 Å². The average molecular weight is 535 g/mol. The van der Waals surface area contributed by atoms with Crippen LogP contribution in [0.3, 0.4) is 0 Å². The molecule has 3 aliphatic rings. The molecule has 2 amide bonds. The number of nitrogens with zero attached hydrogens (tertiary/aromatic N) is 2. The zero-order chi connectivity index (χ0) is 26.4. The van der Waals surface area contributed by atoms with Crippen LogP contribution in [0.25, 0.3) is 0 Å². The van der Waals surface area contributed by atoms with Gasteiger partial charge in [0.2, 0.25) is 5.91 Å². The molecular weight excluding hydrogens is 500 g/mol. The van der Waals surface area contributed by atoms with Crippen LogP contribution in [0.15, 0.2) is 30.9 Å². The van der Waals surface area contributed by atoms with E-state index in [1.807, 2.05) is 26.0 Å². The second kappa shape index (κ2) is 10.4. The quantitative estimate of drug-likeness (QED) is 0.382. The van der Waals surface area contributed by atoms with Crippen molar-refractivity contribution in [2.45, 2.75) is 62.6 Å². The third kappa shape index (κ3) is 3.87. The molecule has 0 saturated carbocycles. The Morgan fingerprint density at radius 3 is 2.72 bits per heavy atom. The summed E-state index contributed by atoms with van der Waals surface area (Å²) in [5.41, 5.74) is 1.41. The Labute approximate surface area is 222 Å². The topological polar surface area (TPSA) is 87.2 Å². The number of hydrogen-bond acceptors (Lipinski definition) is 6. The molecule has 7 atom stereocenters. The molecule has 1 spiro atoms. The number of benzene rings is 1. The van der Waals surface area contributed by atoms with Crippen molar-refractivity contribution in [3.63, 3.8) is 0 Å². The number of para-hydroxylation sites is 1. The smallest absolute Gasteiger partial charge is 0.310 e. The molecule has 3 unspecified atom stereocenters. The lowest BCUT2D eigenvalue weighted by atomic mass is 9.66. The van der Waals surface area contributed by atoms with Crippen LogP contribution < -0.4 is 4.90 Å². The molecule has 0 aromatic heterocycles. The van der Waals surface area contributed by atoms with Gasteiger partial charge in [0.05, 0.1) is 46.5 Å². The second-order valence-corrected chi connectivity index (χ2v) is 11.9. The molecule has 3 heterocycles. The van der Waals surface area contributed by atoms with Crippen molar-refractivity contribution < 1.29 is 24.2 Å². The monoisotopic (exact) mass is 534 g/mol. The van der Waals surface area contributed by atoms with Gasteiger partial charge in [-0.05, 0) is 44.2 Å². The van der Waals surface area contributed by atoms with E-state index in [2.05, 4.69) is 13.5 Å². The normalized spacial score (nSPS) is 31.3. The highest BCUT2D eigenvalue weighted by Gasteiger charge is 2.77. The fourth-order valence-electron chi connectivity index (χ4n) is 6.59. The first kappa shape index (κ1) is 27.0. The van der Waals surface area contributed by atoms with Gasteiger partial charge in [-0.25, -0.2) is 0 Å². The van der Waals surface area contributed by atoms with Crippen LogP contribution in [-0.2, 0) is 19.1 Å². The summed E-state index contributed by atoms with van der Waals surface area (Å²) in [6.07, 6.45) is 2.84. The lowest BCUT2D eigenvalue weighted by molar-refractivity contribution is -0.154. The van der Waals surface area contributed by atoms with Crippen LogP contribution in [0.4, 0.5) is 5.69 Å². The average Bonchev–Trinajstić information content (AvgIpc) is 3.43. The van der Waals surface area contributed by atoms with E-state index in [1.54, 1.807) is 40.6 Å². The number of halogens is 1. The largest absolute Gasteiger partial charge is 0.466 e. The van der Waals surface area contributed by atoms with Gasteiger partial charge in [0.15, 0.2) is 0 Å². The van der Waals surface area contributed by atoms with E-state index in [4.69, 9.17) is 16.3 Å². The molecule has 0 radical (unpaired) electrons. The molecule has 2 bridgehead atoms. The highest BCUT2D eigenvalue weighted by molar-refractivity contribution is 8.02. The Bertz CT molecular complexity index is 1040. The van der Waals surface area contributed by atoms with Gasteiger partial charge < -0.3 is 19.6 Å². The number of anilines is 1. The minimum atomic E-state index is -0.854. The van der Waals surface area contributed by atoms with Crippen LogP contribution in [0.5, 0.6) is 0 Å². The molecule has 3 fully saturated rings. The predicted octanol–water partition coefficient (Wildman–Crippen LogP) is 3.84. The molecule has 9 heteroatoms. The maximum atomic E-state index is 14.6. The number of carbonyl (C=O) groups excluding carboxylic acids is 3. The number of amides is 2. The van der Waals surface area contributed by atoms with Gasteiger partial charge in [0.1, 0.15) is 6.04 Å². The van der Waals surface area contributed by atoms with Gasteiger partial charge >= 0.3 is 5.97 Å². The SMILES string of the molecule is C=CCN(C(=O)C1N([C@@H](CC)CO)C(=O)[C@@H]2[C@@H](C(=O)OCC)[C@H]3CC(C)C12S3)c1c(C)cccc1Cl. The Hall–Kier alpha value is -2.03. The molecule has 3 saturated heterocycles. The molecule has 196 valence electrons. The first-order valence-electron chi connectivity index (χ1n) is 12.6. The highest BCUT2D eigenvalue weighted by Crippen LogP contribution is 2.69. The van der Waals surface area contributed by atoms with Crippen molar-refractivity contribution in [1.29, 1.82) is 0 Å². The maximum Gasteiger partial charge on any atom is 0.310 e. The fraction of sp³-hybridized carbons (Fsp3) is 0.593. The molecule has 36 heavy (non-hydrogen) atoms. The fourth-order valence-corrected chi connectivity index (χ4v) is 9.30. The second-order valence-electron chi connectivity index (χ2n) is 9.94. The van der Waals surface area contributed by atoms with Gasteiger partial charge in [-0.1, -0.05) is 43.7 Å². The van der Waals surface area contributed by atoms with Crippen LogP contribution in [0.1, 0.15) is 39.2 Å². The lowest BCUT2D eigenvalue weighted by Gasteiger charge is -2.42. The van der Waals surface area contributed by atoms with E-state index in [9.17, 15) is 19.5 Å². The Morgan fingerprint density at radius 1 is 1.42 bits per heavy atom. The minimum Gasteiger partial charge on any atom is -0.466 e. The first-order chi connectivity index (χ1) is 17.2. The van der Waals surface area contributed by atoms with Gasteiger partial charge in [0.25, 0.3) is 5.91 Å². The van der Waals surface area contributed by atoms with Gasteiger partial charge in [-0.2, -0.15) is 0 Å². The number of aliphatic hydroxyl groups excluding tert-OH is 1. The van der Waals surface area contributed by atoms with Crippen molar-refractivity contribution in [3.8, 4) is 0 Å². The molecule has 1 N–H and O–H groups in total. The van der Waals surface area contributed by atoms with Crippen molar-refractivity contribution in [2.24, 2.45) is 17.8 Å². The number of ether oxygens (including phenoxy) is 1. The van der Waals surface area contributed by atoms with E-state index in [-0.39, 0.29) is 48.7 Å². The summed E-state index contributed by atoms with van der Waals surface area (Å²) < 4.78 is 4.60. The van der Waals surface area contributed by atoms with Crippen molar-refractivity contribution >= 4 is 46.8 Å². The van der Waals surface area contributed by atoms with Crippen LogP contribution in [0, 0.1) is 24.7 Å². The Morgan fingerprint density at radius 2 is 2.14 bits per heavy atom. The Kier molecular flexibility index (Phi) is 7.79. The number of aryl methyl sites for hydroxylation is 1. The number of aliphatic hydroxyl groups is 1. The summed E-state index contributed by atoms with van der Waals surface area (Å²) in [5.74, 6) is -2.16. The number of hydrogen-bond donors (Lipinski definition) is 1. The highest BCUT2D eigenvalue weighted by atomic mass is 35.5. The van der Waals surface area contributed by atoms with E-state index < -0.39 is 28.7 Å². The summed E-state index contributed by atoms with van der Waals surface area (Å²) in [6.45, 7) is 11.6. The zero-order valence-corrected chi connectivity index (χ0v) is 22.8. The van der Waals surface area contributed by atoms with E-state index in [0.717, 1.165) is 12.0 Å². The summed E-state index contributed by atoms with van der Waals surface area (Å²) >= 11 is 8.18. The van der Waals surface area contributed by atoms with Crippen molar-refractivity contribution in [1.82, 2.24) is 4.90 Å². The third-order valence-electron chi connectivity index (χ3n) is 8.09. The first-order valence-corrected chi connectivity index (χ1v) is 13.9. The van der Waals surface area contributed by atoms with Gasteiger partial charge in [0, 0.05) is 11.8 Å². The van der Waals surface area contributed by atoms with Crippen LogP contribution >= 0.6 is 23.4 Å². The van der Waals surface area contributed by atoms with Crippen molar-refractivity contribution in [3.05, 3.63) is 41.4 Å². The predicted molar refractivity (Wildman–Crippen MR) is 142 cm³/mol. The summed E-state index contributed by atoms with van der Waals surface area (Å²) in [5, 5.41) is 10.6. The minimum absolute atomic E-state index is 0.0141. The number of fused-ring (bicyclic) bond motifs is 1. The maximum absolute atomic E-state index is 14.6. The van der Waals surface area contributed by atoms with Crippen molar-refractivity contribution in [2.75, 3.05) is 24.7 Å². The molecular formula is C27H35ClN2O5S. The van der Waals surface area contributed by atoms with Crippen LogP contribution in [-0.4, -0.2) is 69.6 Å². The summed E-state index contributed by atoms with van der Waals surface area (Å²) in [7, 11) is 0. The van der Waals surface area contributed by atoms with E-state index in [1.165, 1.54) is 0 Å². The summed E-state index contributed by atoms with van der Waals surface area (Å²) in [4.78, 5) is 45.0. The number of rotatable bonds is 9. The molecule has 1 aromatic carbocycles. The zero-order valence-electron chi connectivity index (χ0n) is 21.3. The third-order valence-corrected chi connectivity index (χ3v) is 10.5. The number of esters is 1. The van der Waals surface area contributed by atoms with E-state index >= 15 is 0 Å². The Balaban J connectivity index is 1.88.